The van der Waals surface area contributed by atoms with Crippen LogP contribution in [-0.4, -0.2) is 24.7 Å². The molecule has 16 heavy (non-hydrogen) atoms. The molecule has 2 aromatic rings. The van der Waals surface area contributed by atoms with Crippen molar-refractivity contribution in [3.8, 4) is 0 Å². The Morgan fingerprint density at radius 3 is 2.94 bits per heavy atom. The van der Waals surface area contributed by atoms with Gasteiger partial charge in [-0.3, -0.25) is 4.90 Å². The van der Waals surface area contributed by atoms with Crippen molar-refractivity contribution in [1.29, 1.82) is 0 Å². The van der Waals surface area contributed by atoms with E-state index in [4.69, 9.17) is 4.74 Å². The van der Waals surface area contributed by atoms with Crippen LogP contribution in [-0.2, 0) is 4.74 Å². The predicted molar refractivity (Wildman–Crippen MR) is 65.0 cm³/mol. The topological polar surface area (TPSA) is 42.4 Å². The van der Waals surface area contributed by atoms with Crippen LogP contribution in [0.1, 0.15) is 6.92 Å². The molecule has 0 aliphatic carbocycles. The Balaban J connectivity index is 2.29. The number of benzene rings is 1. The van der Waals surface area contributed by atoms with Gasteiger partial charge in [-0.15, -0.1) is 0 Å². The first-order valence-electron chi connectivity index (χ1n) is 4.98. The van der Waals surface area contributed by atoms with E-state index in [1.165, 1.54) is 16.2 Å². The van der Waals surface area contributed by atoms with E-state index in [0.717, 1.165) is 10.2 Å². The molecule has 2 rings (SSSR count). The first-order valence-corrected chi connectivity index (χ1v) is 5.80. The minimum absolute atomic E-state index is 0.369. The molecule has 0 aliphatic heterocycles. The largest absolute Gasteiger partial charge is 0.449 e. The summed E-state index contributed by atoms with van der Waals surface area (Å²) in [5, 5.41) is 0.652. The van der Waals surface area contributed by atoms with Crippen molar-refractivity contribution in [3.05, 3.63) is 24.3 Å². The molecule has 0 aliphatic rings. The summed E-state index contributed by atoms with van der Waals surface area (Å²) in [6.07, 6.45) is -0.374. The molecule has 0 saturated heterocycles. The highest BCUT2D eigenvalue weighted by Crippen LogP contribution is 2.27. The Morgan fingerprint density at radius 1 is 1.50 bits per heavy atom. The van der Waals surface area contributed by atoms with Crippen LogP contribution < -0.4 is 4.90 Å². The molecule has 4 nitrogen and oxygen atoms in total. The smallest absolute Gasteiger partial charge is 0.415 e. The van der Waals surface area contributed by atoms with E-state index in [0.29, 0.717) is 11.7 Å². The third kappa shape index (κ3) is 1.99. The normalized spacial score (nSPS) is 10.4. The van der Waals surface area contributed by atoms with Gasteiger partial charge in [0.1, 0.15) is 0 Å². The number of hydrogen-bond donors (Lipinski definition) is 0. The molecule has 5 heteroatoms. The van der Waals surface area contributed by atoms with Gasteiger partial charge in [0.25, 0.3) is 0 Å². The fourth-order valence-corrected chi connectivity index (χ4v) is 2.22. The summed E-state index contributed by atoms with van der Waals surface area (Å²) in [4.78, 5) is 17.3. The summed E-state index contributed by atoms with van der Waals surface area (Å²) in [6, 6.07) is 7.79. The van der Waals surface area contributed by atoms with Crippen molar-refractivity contribution < 1.29 is 9.53 Å². The van der Waals surface area contributed by atoms with E-state index >= 15 is 0 Å². The second-order valence-corrected chi connectivity index (χ2v) is 4.23. The van der Waals surface area contributed by atoms with Crippen molar-refractivity contribution in [2.45, 2.75) is 6.92 Å². The molecule has 0 fully saturated rings. The standard InChI is InChI=1S/C11H12N2O2S/c1-3-15-11(14)13(2)10-12-8-6-4-5-7-9(8)16-10/h4-7H,3H2,1-2H3. The number of fused-ring (bicyclic) bond motifs is 1. The van der Waals surface area contributed by atoms with Gasteiger partial charge in [-0.05, 0) is 19.1 Å². The van der Waals surface area contributed by atoms with Gasteiger partial charge in [0.15, 0.2) is 5.13 Å². The maximum Gasteiger partial charge on any atom is 0.415 e. The number of carbonyl (C=O) groups is 1. The fraction of sp³-hybridized carbons (Fsp3) is 0.273. The van der Waals surface area contributed by atoms with Crippen molar-refractivity contribution in [2.75, 3.05) is 18.6 Å². The van der Waals surface area contributed by atoms with Crippen LogP contribution >= 0.6 is 11.3 Å². The van der Waals surface area contributed by atoms with E-state index in [1.807, 2.05) is 24.3 Å². The van der Waals surface area contributed by atoms with Gasteiger partial charge in [0.05, 0.1) is 16.8 Å². The van der Waals surface area contributed by atoms with E-state index in [1.54, 1.807) is 14.0 Å². The first-order chi connectivity index (χ1) is 7.72. The summed E-state index contributed by atoms with van der Waals surface area (Å²) in [7, 11) is 1.66. The number of anilines is 1. The maximum absolute atomic E-state index is 11.5. The van der Waals surface area contributed by atoms with Crippen LogP contribution in [0.25, 0.3) is 10.2 Å². The number of nitrogens with zero attached hydrogens (tertiary/aromatic N) is 2. The zero-order valence-corrected chi connectivity index (χ0v) is 9.95. The third-order valence-corrected chi connectivity index (χ3v) is 3.22. The van der Waals surface area contributed by atoms with Gasteiger partial charge in [-0.25, -0.2) is 9.78 Å². The highest BCUT2D eigenvalue weighted by molar-refractivity contribution is 7.22. The molecule has 0 saturated carbocycles. The Hall–Kier alpha value is -1.62. The van der Waals surface area contributed by atoms with Crippen molar-refractivity contribution in [2.24, 2.45) is 0 Å². The van der Waals surface area contributed by atoms with Gasteiger partial charge in [0, 0.05) is 7.05 Å². The molecule has 0 bridgehead atoms. The van der Waals surface area contributed by atoms with Crippen LogP contribution in [0.3, 0.4) is 0 Å². The Morgan fingerprint density at radius 2 is 2.25 bits per heavy atom. The second kappa shape index (κ2) is 4.49. The molecule has 1 aromatic carbocycles. The van der Waals surface area contributed by atoms with Crippen LogP contribution in [0.2, 0.25) is 0 Å². The molecular formula is C11H12N2O2S. The van der Waals surface area contributed by atoms with Crippen LogP contribution in [0.5, 0.6) is 0 Å². The van der Waals surface area contributed by atoms with Crippen LogP contribution in [0, 0.1) is 0 Å². The molecule has 0 N–H and O–H groups in total. The number of thiazole rings is 1. The molecule has 1 amide bonds. The molecule has 84 valence electrons. The molecule has 0 spiro atoms. The highest BCUT2D eigenvalue weighted by Gasteiger charge is 2.15. The van der Waals surface area contributed by atoms with Gasteiger partial charge >= 0.3 is 6.09 Å². The van der Waals surface area contributed by atoms with E-state index in [-0.39, 0.29) is 6.09 Å². The van der Waals surface area contributed by atoms with Crippen molar-refractivity contribution in [3.63, 3.8) is 0 Å². The number of para-hydroxylation sites is 1. The first kappa shape index (κ1) is 10.9. The zero-order valence-electron chi connectivity index (χ0n) is 9.14. The minimum Gasteiger partial charge on any atom is -0.449 e. The van der Waals surface area contributed by atoms with Gasteiger partial charge < -0.3 is 4.74 Å². The second-order valence-electron chi connectivity index (χ2n) is 3.22. The Bertz CT molecular complexity index is 476. The van der Waals surface area contributed by atoms with Crippen LogP contribution in [0.15, 0.2) is 24.3 Å². The SMILES string of the molecule is CCOC(=O)N(C)c1nc2ccccc2s1. The maximum atomic E-state index is 11.5. The number of carbonyl (C=O) groups excluding carboxylic acids is 1. The summed E-state index contributed by atoms with van der Waals surface area (Å²) < 4.78 is 5.97. The summed E-state index contributed by atoms with van der Waals surface area (Å²) in [5.41, 5.74) is 0.902. The summed E-state index contributed by atoms with van der Waals surface area (Å²) in [6.45, 7) is 2.15. The third-order valence-electron chi connectivity index (χ3n) is 2.11. The lowest BCUT2D eigenvalue weighted by atomic mass is 10.3. The van der Waals surface area contributed by atoms with Crippen LogP contribution in [0.4, 0.5) is 9.93 Å². The Kier molecular flexibility index (Phi) is 3.05. The van der Waals surface area contributed by atoms with Crippen molar-refractivity contribution in [1.82, 2.24) is 4.98 Å². The molecule has 0 radical (unpaired) electrons. The minimum atomic E-state index is -0.374. The quantitative estimate of drug-likeness (QED) is 0.805. The molecule has 1 heterocycles. The predicted octanol–water partition coefficient (Wildman–Crippen LogP) is 2.89. The summed E-state index contributed by atoms with van der Waals surface area (Å²) in [5.74, 6) is 0. The van der Waals surface area contributed by atoms with E-state index in [9.17, 15) is 4.79 Å². The molecule has 0 atom stereocenters. The lowest BCUT2D eigenvalue weighted by Crippen LogP contribution is -2.26. The number of aromatic nitrogens is 1. The van der Waals surface area contributed by atoms with Crippen molar-refractivity contribution >= 4 is 32.8 Å². The van der Waals surface area contributed by atoms with Gasteiger partial charge in [-0.2, -0.15) is 0 Å². The summed E-state index contributed by atoms with van der Waals surface area (Å²) >= 11 is 1.47. The monoisotopic (exact) mass is 236 g/mol. The number of hydrogen-bond acceptors (Lipinski definition) is 4. The highest BCUT2D eigenvalue weighted by atomic mass is 32.1. The zero-order chi connectivity index (χ0) is 11.5. The average Bonchev–Trinajstić information content (AvgIpc) is 2.71. The van der Waals surface area contributed by atoms with E-state index < -0.39 is 0 Å². The molecular weight excluding hydrogens is 224 g/mol. The lowest BCUT2D eigenvalue weighted by molar-refractivity contribution is 0.161. The molecule has 0 unspecified atom stereocenters. The van der Waals surface area contributed by atoms with E-state index in [2.05, 4.69) is 4.98 Å². The van der Waals surface area contributed by atoms with Gasteiger partial charge in [0.2, 0.25) is 0 Å². The molecule has 1 aromatic heterocycles. The average molecular weight is 236 g/mol. The Labute approximate surface area is 97.5 Å². The fourth-order valence-electron chi connectivity index (χ4n) is 1.30. The van der Waals surface area contributed by atoms with Gasteiger partial charge in [-0.1, -0.05) is 23.5 Å². The number of rotatable bonds is 2. The number of amides is 1. The number of ether oxygens (including phenoxy) is 1. The lowest BCUT2D eigenvalue weighted by Gasteiger charge is -2.12.